The smallest absolute Gasteiger partial charge is 0.330 e. The summed E-state index contributed by atoms with van der Waals surface area (Å²) in [6.45, 7) is 8.98. The number of carbonyl (C=O) groups is 1. The van der Waals surface area contributed by atoms with Gasteiger partial charge in [0.2, 0.25) is 0 Å². The maximum atomic E-state index is 11.2. The summed E-state index contributed by atoms with van der Waals surface area (Å²) in [7, 11) is 1.32. The molecule has 0 aliphatic carbocycles. The number of methoxy groups -OCH3 is 1. The van der Waals surface area contributed by atoms with Crippen molar-refractivity contribution in [2.45, 2.75) is 63.9 Å². The van der Waals surface area contributed by atoms with Crippen molar-refractivity contribution < 1.29 is 24.5 Å². The van der Waals surface area contributed by atoms with Gasteiger partial charge in [0, 0.05) is 12.5 Å². The third-order valence-corrected chi connectivity index (χ3v) is 3.81. The summed E-state index contributed by atoms with van der Waals surface area (Å²) < 4.78 is 10.3. The number of ether oxygens (including phenoxy) is 2. The van der Waals surface area contributed by atoms with Crippen molar-refractivity contribution in [3.8, 4) is 0 Å². The lowest BCUT2D eigenvalue weighted by atomic mass is 9.87. The van der Waals surface area contributed by atoms with E-state index < -0.39 is 23.5 Å². The Hall–Kier alpha value is -1.17. The molecule has 0 aromatic heterocycles. The lowest BCUT2D eigenvalue weighted by molar-refractivity contribution is -0.257. The van der Waals surface area contributed by atoms with E-state index in [1.807, 2.05) is 0 Å². The standard InChI is InChI=1S/C16H26O5/c1-11(10-14(17)20-5)8-9-16(19)12(2)6-7-13(21-16)15(3,4)18/h10,13,18-19H,2,6-9H2,1,3-5H3/b11-10+/t13-,16+/m1/s1. The molecule has 2 atom stereocenters. The highest BCUT2D eigenvalue weighted by atomic mass is 16.6. The zero-order valence-corrected chi connectivity index (χ0v) is 13.3. The molecule has 1 fully saturated rings. The Labute approximate surface area is 126 Å². The summed E-state index contributed by atoms with van der Waals surface area (Å²) in [5.74, 6) is -1.88. The maximum Gasteiger partial charge on any atom is 0.330 e. The molecule has 0 spiro atoms. The van der Waals surface area contributed by atoms with Crippen LogP contribution >= 0.6 is 0 Å². The van der Waals surface area contributed by atoms with Crippen LogP contribution in [0.5, 0.6) is 0 Å². The Bertz CT molecular complexity index is 432. The predicted octanol–water partition coefficient (Wildman–Crippen LogP) is 2.08. The van der Waals surface area contributed by atoms with Gasteiger partial charge in [-0.25, -0.2) is 4.79 Å². The van der Waals surface area contributed by atoms with Gasteiger partial charge in [0.05, 0.1) is 18.8 Å². The van der Waals surface area contributed by atoms with Gasteiger partial charge in [-0.05, 0) is 45.6 Å². The molecular formula is C16H26O5. The fraction of sp³-hybridized carbons (Fsp3) is 0.688. The second-order valence-electron chi connectivity index (χ2n) is 6.20. The van der Waals surface area contributed by atoms with Crippen LogP contribution in [0, 0.1) is 0 Å². The van der Waals surface area contributed by atoms with E-state index in [2.05, 4.69) is 11.3 Å². The van der Waals surface area contributed by atoms with Gasteiger partial charge in [-0.3, -0.25) is 0 Å². The summed E-state index contributed by atoms with van der Waals surface area (Å²) in [6.07, 6.45) is 2.94. The van der Waals surface area contributed by atoms with E-state index in [0.29, 0.717) is 24.8 Å². The molecule has 5 heteroatoms. The first kappa shape index (κ1) is 17.9. The molecule has 21 heavy (non-hydrogen) atoms. The summed E-state index contributed by atoms with van der Waals surface area (Å²) in [6, 6.07) is 0. The minimum absolute atomic E-state index is 0.289. The largest absolute Gasteiger partial charge is 0.466 e. The monoisotopic (exact) mass is 298 g/mol. The fourth-order valence-electron chi connectivity index (χ4n) is 2.31. The van der Waals surface area contributed by atoms with Gasteiger partial charge < -0.3 is 19.7 Å². The predicted molar refractivity (Wildman–Crippen MR) is 79.5 cm³/mol. The average Bonchev–Trinajstić information content (AvgIpc) is 2.38. The molecule has 0 bridgehead atoms. The van der Waals surface area contributed by atoms with Crippen LogP contribution in [0.25, 0.3) is 0 Å². The van der Waals surface area contributed by atoms with Crippen molar-refractivity contribution >= 4 is 5.97 Å². The summed E-state index contributed by atoms with van der Waals surface area (Å²) >= 11 is 0. The minimum Gasteiger partial charge on any atom is -0.466 e. The molecule has 0 saturated carbocycles. The molecule has 1 heterocycles. The van der Waals surface area contributed by atoms with Crippen LogP contribution in [-0.2, 0) is 14.3 Å². The molecule has 0 aromatic rings. The van der Waals surface area contributed by atoms with Crippen LogP contribution in [0.3, 0.4) is 0 Å². The molecule has 1 aliphatic heterocycles. The topological polar surface area (TPSA) is 76.0 Å². The quantitative estimate of drug-likeness (QED) is 0.462. The van der Waals surface area contributed by atoms with E-state index in [9.17, 15) is 15.0 Å². The van der Waals surface area contributed by atoms with Gasteiger partial charge in [-0.15, -0.1) is 0 Å². The fourth-order valence-corrected chi connectivity index (χ4v) is 2.31. The van der Waals surface area contributed by atoms with Crippen molar-refractivity contribution in [2.75, 3.05) is 7.11 Å². The molecular weight excluding hydrogens is 272 g/mol. The molecule has 1 aliphatic rings. The highest BCUT2D eigenvalue weighted by molar-refractivity contribution is 5.82. The van der Waals surface area contributed by atoms with E-state index in [4.69, 9.17) is 4.74 Å². The molecule has 1 saturated heterocycles. The van der Waals surface area contributed by atoms with Crippen LogP contribution in [0.4, 0.5) is 0 Å². The SMILES string of the molecule is C=C1CC[C@H](C(C)(C)O)O[C@@]1(O)CC/C(C)=C/C(=O)OC. The van der Waals surface area contributed by atoms with Crippen molar-refractivity contribution in [3.63, 3.8) is 0 Å². The zero-order valence-electron chi connectivity index (χ0n) is 13.3. The van der Waals surface area contributed by atoms with E-state index in [1.165, 1.54) is 13.2 Å². The van der Waals surface area contributed by atoms with Gasteiger partial charge in [0.15, 0.2) is 5.79 Å². The lowest BCUT2D eigenvalue weighted by Crippen LogP contribution is -2.50. The average molecular weight is 298 g/mol. The third-order valence-electron chi connectivity index (χ3n) is 3.81. The maximum absolute atomic E-state index is 11.2. The highest BCUT2D eigenvalue weighted by Gasteiger charge is 2.42. The normalized spacial score (nSPS) is 27.6. The van der Waals surface area contributed by atoms with Crippen LogP contribution in [0.2, 0.25) is 0 Å². The molecule has 1 rings (SSSR count). The summed E-state index contributed by atoms with van der Waals surface area (Å²) in [4.78, 5) is 11.2. The van der Waals surface area contributed by atoms with E-state index in [-0.39, 0.29) is 6.42 Å². The van der Waals surface area contributed by atoms with Crippen LogP contribution < -0.4 is 0 Å². The van der Waals surface area contributed by atoms with E-state index in [0.717, 1.165) is 5.57 Å². The lowest BCUT2D eigenvalue weighted by Gasteiger charge is -2.43. The molecule has 0 amide bonds. The second kappa shape index (κ2) is 6.73. The molecule has 0 aromatic carbocycles. The third kappa shape index (κ3) is 4.95. The Morgan fingerprint density at radius 1 is 1.62 bits per heavy atom. The van der Waals surface area contributed by atoms with Gasteiger partial charge >= 0.3 is 5.97 Å². The van der Waals surface area contributed by atoms with Crippen molar-refractivity contribution in [3.05, 3.63) is 23.8 Å². The first-order chi connectivity index (χ1) is 9.58. The number of allylic oxidation sites excluding steroid dienone is 1. The molecule has 5 nitrogen and oxygen atoms in total. The zero-order chi connectivity index (χ0) is 16.3. The number of rotatable bonds is 5. The van der Waals surface area contributed by atoms with Crippen molar-refractivity contribution in [2.24, 2.45) is 0 Å². The molecule has 120 valence electrons. The van der Waals surface area contributed by atoms with Gasteiger partial charge in [0.25, 0.3) is 0 Å². The number of hydrogen-bond acceptors (Lipinski definition) is 5. The summed E-state index contributed by atoms with van der Waals surface area (Å²) in [5, 5.41) is 20.7. The molecule has 0 radical (unpaired) electrons. The van der Waals surface area contributed by atoms with Crippen LogP contribution in [-0.4, -0.2) is 40.8 Å². The van der Waals surface area contributed by atoms with Crippen LogP contribution in [0.1, 0.15) is 46.5 Å². The summed E-state index contributed by atoms with van der Waals surface area (Å²) in [5.41, 5.74) is 0.372. The van der Waals surface area contributed by atoms with E-state index >= 15 is 0 Å². The van der Waals surface area contributed by atoms with Crippen molar-refractivity contribution in [1.29, 1.82) is 0 Å². The minimum atomic E-state index is -1.46. The van der Waals surface area contributed by atoms with Crippen molar-refractivity contribution in [1.82, 2.24) is 0 Å². The number of aliphatic hydroxyl groups is 2. The van der Waals surface area contributed by atoms with Gasteiger partial charge in [0.1, 0.15) is 0 Å². The first-order valence-corrected chi connectivity index (χ1v) is 7.14. The highest BCUT2D eigenvalue weighted by Crippen LogP contribution is 2.38. The second-order valence-corrected chi connectivity index (χ2v) is 6.20. The molecule has 2 N–H and O–H groups in total. The molecule has 0 unspecified atom stereocenters. The Morgan fingerprint density at radius 3 is 2.76 bits per heavy atom. The van der Waals surface area contributed by atoms with E-state index in [1.54, 1.807) is 20.8 Å². The van der Waals surface area contributed by atoms with Gasteiger partial charge in [-0.1, -0.05) is 12.2 Å². The Kier molecular flexibility index (Phi) is 5.73. The number of esters is 1. The number of carbonyl (C=O) groups excluding carboxylic acids is 1. The van der Waals surface area contributed by atoms with Crippen LogP contribution in [0.15, 0.2) is 23.8 Å². The Morgan fingerprint density at radius 2 is 2.24 bits per heavy atom. The van der Waals surface area contributed by atoms with Gasteiger partial charge in [-0.2, -0.15) is 0 Å². The number of hydrogen-bond donors (Lipinski definition) is 2. The first-order valence-electron chi connectivity index (χ1n) is 7.14. The Balaban J connectivity index is 2.72.